The van der Waals surface area contributed by atoms with E-state index in [9.17, 15) is 9.59 Å². The van der Waals surface area contributed by atoms with Crippen molar-refractivity contribution in [2.24, 2.45) is 7.05 Å². The van der Waals surface area contributed by atoms with Gasteiger partial charge in [-0.25, -0.2) is 0 Å². The van der Waals surface area contributed by atoms with Gasteiger partial charge in [-0.1, -0.05) is 11.6 Å². The van der Waals surface area contributed by atoms with E-state index in [-0.39, 0.29) is 17.8 Å². The van der Waals surface area contributed by atoms with Crippen LogP contribution in [0.5, 0.6) is 0 Å². The molecular weight excluding hydrogens is 332 g/mol. The Kier molecular flexibility index (Phi) is 4.39. The lowest BCUT2D eigenvalue weighted by molar-refractivity contribution is -0.117. The van der Waals surface area contributed by atoms with Crippen LogP contribution in [0.2, 0.25) is 5.02 Å². The number of aryl methyl sites for hydroxylation is 1. The Morgan fingerprint density at radius 1 is 1.25 bits per heavy atom. The molecule has 2 aromatic heterocycles. The molecule has 0 aliphatic rings. The van der Waals surface area contributed by atoms with Crippen molar-refractivity contribution >= 4 is 23.2 Å². The van der Waals surface area contributed by atoms with Crippen LogP contribution in [-0.2, 0) is 18.4 Å². The van der Waals surface area contributed by atoms with Gasteiger partial charge in [0.25, 0.3) is 5.56 Å². The first kappa shape index (κ1) is 15.9. The normalized spacial score (nSPS) is 10.6. The molecule has 0 aliphatic carbocycles. The van der Waals surface area contributed by atoms with Gasteiger partial charge < -0.3 is 9.88 Å². The van der Waals surface area contributed by atoms with Crippen LogP contribution in [0.25, 0.3) is 11.4 Å². The van der Waals surface area contributed by atoms with Crippen LogP contribution in [0.1, 0.15) is 0 Å². The maximum absolute atomic E-state index is 12.0. The molecule has 0 saturated heterocycles. The molecule has 3 aromatic rings. The van der Waals surface area contributed by atoms with Crippen molar-refractivity contribution < 1.29 is 4.79 Å². The summed E-state index contributed by atoms with van der Waals surface area (Å²) in [4.78, 5) is 25.1. The predicted octanol–water partition coefficient (Wildman–Crippen LogP) is 1.33. The van der Waals surface area contributed by atoms with Gasteiger partial charge in [-0.2, -0.15) is 4.80 Å². The van der Waals surface area contributed by atoms with Gasteiger partial charge in [0.15, 0.2) is 0 Å². The molecule has 24 heavy (non-hydrogen) atoms. The number of amides is 1. The fourth-order valence-electron chi connectivity index (χ4n) is 2.04. The number of halogens is 1. The molecule has 122 valence electrons. The fraction of sp³-hybridized carbons (Fsp3) is 0.133. The van der Waals surface area contributed by atoms with E-state index in [0.717, 1.165) is 10.4 Å². The standard InChI is InChI=1S/C15H13ClN6O2/c1-21-8-2-3-12(15(21)24)17-13(23)9-22-19-14(18-20-22)10-4-6-11(16)7-5-10/h2-8H,9H2,1H3,(H,17,23). The summed E-state index contributed by atoms with van der Waals surface area (Å²) in [6.07, 6.45) is 1.61. The van der Waals surface area contributed by atoms with E-state index >= 15 is 0 Å². The lowest BCUT2D eigenvalue weighted by Crippen LogP contribution is -2.26. The first-order chi connectivity index (χ1) is 11.5. The minimum absolute atomic E-state index is 0.154. The number of nitrogens with one attached hydrogen (secondary N) is 1. The molecule has 0 atom stereocenters. The maximum atomic E-state index is 12.0. The average molecular weight is 345 g/mol. The lowest BCUT2D eigenvalue weighted by atomic mass is 10.2. The second-order valence-electron chi connectivity index (χ2n) is 5.04. The van der Waals surface area contributed by atoms with Gasteiger partial charge in [0.1, 0.15) is 12.2 Å². The maximum Gasteiger partial charge on any atom is 0.274 e. The molecule has 0 radical (unpaired) electrons. The van der Waals surface area contributed by atoms with E-state index in [1.54, 1.807) is 43.6 Å². The van der Waals surface area contributed by atoms with E-state index in [4.69, 9.17) is 11.6 Å². The van der Waals surface area contributed by atoms with E-state index in [1.807, 2.05) is 0 Å². The minimum Gasteiger partial charge on any atom is -0.320 e. The quantitative estimate of drug-likeness (QED) is 0.770. The summed E-state index contributed by atoms with van der Waals surface area (Å²) >= 11 is 5.83. The monoisotopic (exact) mass is 344 g/mol. The first-order valence-corrected chi connectivity index (χ1v) is 7.40. The van der Waals surface area contributed by atoms with Gasteiger partial charge in [0, 0.05) is 23.8 Å². The summed E-state index contributed by atoms with van der Waals surface area (Å²) in [6, 6.07) is 10.2. The van der Waals surface area contributed by atoms with Gasteiger partial charge in [-0.15, -0.1) is 10.2 Å². The Morgan fingerprint density at radius 2 is 2.00 bits per heavy atom. The van der Waals surface area contributed by atoms with Gasteiger partial charge in [-0.05, 0) is 41.6 Å². The third kappa shape index (κ3) is 3.49. The summed E-state index contributed by atoms with van der Waals surface area (Å²) in [6.45, 7) is -0.154. The molecule has 1 N–H and O–H groups in total. The number of hydrogen-bond donors (Lipinski definition) is 1. The summed E-state index contributed by atoms with van der Waals surface area (Å²) < 4.78 is 1.38. The van der Waals surface area contributed by atoms with Gasteiger partial charge >= 0.3 is 0 Å². The van der Waals surface area contributed by atoms with E-state index < -0.39 is 5.91 Å². The third-order valence-corrected chi connectivity index (χ3v) is 3.49. The van der Waals surface area contributed by atoms with Crippen molar-refractivity contribution in [1.29, 1.82) is 0 Å². The molecule has 0 unspecified atom stereocenters. The topological polar surface area (TPSA) is 94.7 Å². The number of carbonyl (C=O) groups is 1. The highest BCUT2D eigenvalue weighted by molar-refractivity contribution is 6.30. The van der Waals surface area contributed by atoms with Crippen LogP contribution in [0, 0.1) is 0 Å². The molecular formula is C15H13ClN6O2. The number of rotatable bonds is 4. The number of aromatic nitrogens is 5. The molecule has 0 saturated carbocycles. The Bertz CT molecular complexity index is 932. The number of hydrogen-bond acceptors (Lipinski definition) is 5. The van der Waals surface area contributed by atoms with Crippen molar-refractivity contribution in [2.45, 2.75) is 6.54 Å². The second-order valence-corrected chi connectivity index (χ2v) is 5.47. The summed E-state index contributed by atoms with van der Waals surface area (Å²) in [5.74, 6) is -0.0338. The van der Waals surface area contributed by atoms with Crippen LogP contribution in [0.15, 0.2) is 47.4 Å². The molecule has 3 rings (SSSR count). The summed E-state index contributed by atoms with van der Waals surface area (Å²) in [5, 5.41) is 15.0. The summed E-state index contributed by atoms with van der Waals surface area (Å²) in [5.41, 5.74) is 0.644. The first-order valence-electron chi connectivity index (χ1n) is 7.02. The smallest absolute Gasteiger partial charge is 0.274 e. The molecule has 0 fully saturated rings. The number of nitrogens with zero attached hydrogens (tertiary/aromatic N) is 5. The minimum atomic E-state index is -0.418. The fourth-order valence-corrected chi connectivity index (χ4v) is 2.16. The Morgan fingerprint density at radius 3 is 2.75 bits per heavy atom. The molecule has 0 spiro atoms. The number of tetrazole rings is 1. The van der Waals surface area contributed by atoms with Crippen molar-refractivity contribution in [3.63, 3.8) is 0 Å². The molecule has 1 amide bonds. The highest BCUT2D eigenvalue weighted by Crippen LogP contribution is 2.16. The molecule has 8 nitrogen and oxygen atoms in total. The van der Waals surface area contributed by atoms with Gasteiger partial charge in [0.2, 0.25) is 11.7 Å². The zero-order chi connectivity index (χ0) is 17.1. The molecule has 2 heterocycles. The number of anilines is 1. The van der Waals surface area contributed by atoms with Gasteiger partial charge in [0.05, 0.1) is 0 Å². The predicted molar refractivity (Wildman–Crippen MR) is 88.6 cm³/mol. The van der Waals surface area contributed by atoms with Crippen LogP contribution >= 0.6 is 11.6 Å². The lowest BCUT2D eigenvalue weighted by Gasteiger charge is -2.05. The highest BCUT2D eigenvalue weighted by atomic mass is 35.5. The zero-order valence-electron chi connectivity index (χ0n) is 12.7. The second kappa shape index (κ2) is 6.63. The van der Waals surface area contributed by atoms with Gasteiger partial charge in [-0.3, -0.25) is 9.59 Å². The summed E-state index contributed by atoms with van der Waals surface area (Å²) in [7, 11) is 1.61. The largest absolute Gasteiger partial charge is 0.320 e. The number of benzene rings is 1. The average Bonchev–Trinajstić information content (AvgIpc) is 3.01. The van der Waals surface area contributed by atoms with Crippen molar-refractivity contribution in [3.05, 3.63) is 58.0 Å². The van der Waals surface area contributed by atoms with E-state index in [0.29, 0.717) is 10.8 Å². The Hall–Kier alpha value is -3.00. The van der Waals surface area contributed by atoms with Crippen molar-refractivity contribution in [2.75, 3.05) is 5.32 Å². The van der Waals surface area contributed by atoms with Crippen LogP contribution < -0.4 is 10.9 Å². The SMILES string of the molecule is Cn1cccc(NC(=O)Cn2nnc(-c3ccc(Cl)cc3)n2)c1=O. The molecule has 9 heteroatoms. The van der Waals surface area contributed by atoms with E-state index in [1.165, 1.54) is 10.6 Å². The molecule has 0 bridgehead atoms. The van der Waals surface area contributed by atoms with Crippen LogP contribution in [0.4, 0.5) is 5.69 Å². The molecule has 1 aromatic carbocycles. The molecule has 0 aliphatic heterocycles. The number of pyridine rings is 1. The van der Waals surface area contributed by atoms with E-state index in [2.05, 4.69) is 20.7 Å². The van der Waals surface area contributed by atoms with Crippen LogP contribution in [0.3, 0.4) is 0 Å². The highest BCUT2D eigenvalue weighted by Gasteiger charge is 2.11. The van der Waals surface area contributed by atoms with Crippen molar-refractivity contribution in [1.82, 2.24) is 24.8 Å². The number of carbonyl (C=O) groups excluding carboxylic acids is 1. The Labute approximate surface area is 141 Å². The Balaban J connectivity index is 1.70. The van der Waals surface area contributed by atoms with Crippen molar-refractivity contribution in [3.8, 4) is 11.4 Å². The van der Waals surface area contributed by atoms with Crippen LogP contribution in [-0.4, -0.2) is 30.7 Å². The zero-order valence-corrected chi connectivity index (χ0v) is 13.4. The third-order valence-electron chi connectivity index (χ3n) is 3.24.